The van der Waals surface area contributed by atoms with Crippen molar-refractivity contribution in [1.29, 1.82) is 0 Å². The predicted octanol–water partition coefficient (Wildman–Crippen LogP) is -0.0811. The smallest absolute Gasteiger partial charge is 0.329 e. The molecule has 1 aromatic heterocycles. The number of nitrogens with zero attached hydrogens (tertiary/aromatic N) is 1. The highest BCUT2D eigenvalue weighted by molar-refractivity contribution is 5.26. The minimum absolute atomic E-state index is 0.255. The van der Waals surface area contributed by atoms with Gasteiger partial charge in [-0.1, -0.05) is 6.42 Å². The van der Waals surface area contributed by atoms with Crippen molar-refractivity contribution in [3.05, 3.63) is 26.9 Å². The van der Waals surface area contributed by atoms with Gasteiger partial charge in [0.1, 0.15) is 5.82 Å². The number of nitrogens with one attached hydrogen (secondary N) is 1. The molecule has 0 aliphatic heterocycles. The summed E-state index contributed by atoms with van der Waals surface area (Å²) in [6.07, 6.45) is 3.51. The van der Waals surface area contributed by atoms with Gasteiger partial charge in [-0.05, 0) is 18.8 Å². The standard InChI is InChI=1S/C9H13N3O2/c10-7-4-8(13)11-9(14)12(7)5-6-2-1-3-6/h4,6H,1-3,5,10H2,(H,11,13,14). The van der Waals surface area contributed by atoms with Gasteiger partial charge in [-0.25, -0.2) is 4.79 Å². The highest BCUT2D eigenvalue weighted by Crippen LogP contribution is 2.27. The first-order valence-corrected chi connectivity index (χ1v) is 4.76. The Labute approximate surface area is 80.6 Å². The Morgan fingerprint density at radius 3 is 2.71 bits per heavy atom. The molecule has 1 aliphatic carbocycles. The number of aromatic amines is 1. The molecule has 0 aromatic carbocycles. The van der Waals surface area contributed by atoms with Crippen LogP contribution in [-0.4, -0.2) is 9.55 Å². The molecule has 5 heteroatoms. The maximum absolute atomic E-state index is 11.4. The van der Waals surface area contributed by atoms with E-state index in [9.17, 15) is 9.59 Å². The van der Waals surface area contributed by atoms with E-state index in [1.54, 1.807) is 0 Å². The third-order valence-electron chi connectivity index (χ3n) is 2.73. The number of nitrogen functional groups attached to an aromatic ring is 1. The summed E-state index contributed by atoms with van der Waals surface area (Å²) in [6, 6.07) is 1.25. The fourth-order valence-corrected chi connectivity index (χ4v) is 1.66. The van der Waals surface area contributed by atoms with E-state index in [0.717, 1.165) is 12.8 Å². The molecule has 14 heavy (non-hydrogen) atoms. The molecule has 1 saturated carbocycles. The van der Waals surface area contributed by atoms with Crippen LogP contribution in [0.3, 0.4) is 0 Å². The Morgan fingerprint density at radius 1 is 1.50 bits per heavy atom. The highest BCUT2D eigenvalue weighted by Gasteiger charge is 2.19. The summed E-state index contributed by atoms with van der Waals surface area (Å²) in [5, 5.41) is 0. The molecule has 0 saturated heterocycles. The number of hydrogen-bond acceptors (Lipinski definition) is 3. The Bertz CT molecular complexity index is 442. The van der Waals surface area contributed by atoms with Crippen LogP contribution in [-0.2, 0) is 6.54 Å². The summed E-state index contributed by atoms with van der Waals surface area (Å²) in [6.45, 7) is 0.626. The Balaban J connectivity index is 2.31. The van der Waals surface area contributed by atoms with Gasteiger partial charge in [-0.3, -0.25) is 14.3 Å². The number of anilines is 1. The Hall–Kier alpha value is -1.52. The average Bonchev–Trinajstić information content (AvgIpc) is 1.98. The van der Waals surface area contributed by atoms with Gasteiger partial charge in [0.2, 0.25) is 0 Å². The van der Waals surface area contributed by atoms with Crippen molar-refractivity contribution in [2.24, 2.45) is 5.92 Å². The van der Waals surface area contributed by atoms with Crippen LogP contribution < -0.4 is 17.0 Å². The Morgan fingerprint density at radius 2 is 2.21 bits per heavy atom. The van der Waals surface area contributed by atoms with E-state index in [2.05, 4.69) is 4.98 Å². The van der Waals surface area contributed by atoms with Crippen LogP contribution in [0.5, 0.6) is 0 Å². The van der Waals surface area contributed by atoms with Crippen molar-refractivity contribution in [3.8, 4) is 0 Å². The molecular weight excluding hydrogens is 182 g/mol. The summed E-state index contributed by atoms with van der Waals surface area (Å²) in [7, 11) is 0. The number of hydrogen-bond donors (Lipinski definition) is 2. The molecule has 1 fully saturated rings. The van der Waals surface area contributed by atoms with Crippen molar-refractivity contribution in [2.45, 2.75) is 25.8 Å². The summed E-state index contributed by atoms with van der Waals surface area (Å²) in [5.41, 5.74) is 4.76. The molecule has 0 atom stereocenters. The third-order valence-corrected chi connectivity index (χ3v) is 2.73. The van der Waals surface area contributed by atoms with E-state index in [1.807, 2.05) is 0 Å². The maximum Gasteiger partial charge on any atom is 0.329 e. The highest BCUT2D eigenvalue weighted by atomic mass is 16.2. The van der Waals surface area contributed by atoms with Crippen LogP contribution in [0.4, 0.5) is 5.82 Å². The van der Waals surface area contributed by atoms with E-state index in [-0.39, 0.29) is 5.82 Å². The largest absolute Gasteiger partial charge is 0.385 e. The van der Waals surface area contributed by atoms with Crippen LogP contribution in [0, 0.1) is 5.92 Å². The first-order valence-electron chi connectivity index (χ1n) is 4.76. The minimum Gasteiger partial charge on any atom is -0.385 e. The predicted molar refractivity (Wildman–Crippen MR) is 53.1 cm³/mol. The van der Waals surface area contributed by atoms with E-state index < -0.39 is 11.2 Å². The van der Waals surface area contributed by atoms with Crippen LogP contribution in [0.15, 0.2) is 15.7 Å². The minimum atomic E-state index is -0.433. The summed E-state index contributed by atoms with van der Waals surface area (Å²) in [4.78, 5) is 24.5. The van der Waals surface area contributed by atoms with Crippen molar-refractivity contribution in [1.82, 2.24) is 9.55 Å². The molecule has 1 heterocycles. The lowest BCUT2D eigenvalue weighted by molar-refractivity contribution is 0.274. The molecule has 76 valence electrons. The van der Waals surface area contributed by atoms with Gasteiger partial charge in [0.25, 0.3) is 5.56 Å². The molecule has 0 bridgehead atoms. The van der Waals surface area contributed by atoms with Crippen molar-refractivity contribution in [3.63, 3.8) is 0 Å². The fraction of sp³-hybridized carbons (Fsp3) is 0.556. The van der Waals surface area contributed by atoms with Crippen LogP contribution >= 0.6 is 0 Å². The molecule has 0 unspecified atom stereocenters. The molecule has 1 aliphatic rings. The zero-order valence-electron chi connectivity index (χ0n) is 7.82. The second kappa shape index (κ2) is 3.32. The molecule has 1 aromatic rings. The lowest BCUT2D eigenvalue weighted by Gasteiger charge is -2.26. The normalized spacial score (nSPS) is 16.6. The van der Waals surface area contributed by atoms with Gasteiger partial charge in [-0.15, -0.1) is 0 Å². The van der Waals surface area contributed by atoms with Crippen molar-refractivity contribution >= 4 is 5.82 Å². The summed E-state index contributed by atoms with van der Waals surface area (Å²) < 4.78 is 1.44. The molecular formula is C9H13N3O2. The third kappa shape index (κ3) is 1.57. The van der Waals surface area contributed by atoms with E-state index in [0.29, 0.717) is 12.5 Å². The lowest BCUT2D eigenvalue weighted by Crippen LogP contribution is -2.34. The lowest BCUT2D eigenvalue weighted by atomic mass is 9.85. The zero-order chi connectivity index (χ0) is 10.1. The topological polar surface area (TPSA) is 80.9 Å². The van der Waals surface area contributed by atoms with Gasteiger partial charge in [-0.2, -0.15) is 0 Å². The van der Waals surface area contributed by atoms with Gasteiger partial charge in [0, 0.05) is 12.6 Å². The first-order chi connectivity index (χ1) is 6.66. The molecule has 0 amide bonds. The zero-order valence-corrected chi connectivity index (χ0v) is 7.82. The second-order valence-electron chi connectivity index (χ2n) is 3.77. The van der Waals surface area contributed by atoms with Gasteiger partial charge in [0.05, 0.1) is 0 Å². The molecule has 0 radical (unpaired) electrons. The van der Waals surface area contributed by atoms with Gasteiger partial charge >= 0.3 is 5.69 Å². The monoisotopic (exact) mass is 195 g/mol. The quantitative estimate of drug-likeness (QED) is 0.692. The molecule has 2 rings (SSSR count). The van der Waals surface area contributed by atoms with Gasteiger partial charge < -0.3 is 5.73 Å². The van der Waals surface area contributed by atoms with E-state index >= 15 is 0 Å². The Kier molecular flexibility index (Phi) is 2.15. The number of nitrogens with two attached hydrogens (primary N) is 1. The second-order valence-corrected chi connectivity index (χ2v) is 3.77. The summed E-state index contributed by atoms with van der Waals surface area (Å²) >= 11 is 0. The van der Waals surface area contributed by atoms with Crippen LogP contribution in [0.2, 0.25) is 0 Å². The molecule has 3 N–H and O–H groups in total. The maximum atomic E-state index is 11.4. The summed E-state index contributed by atoms with van der Waals surface area (Å²) in [5.74, 6) is 0.798. The van der Waals surface area contributed by atoms with E-state index in [4.69, 9.17) is 5.73 Å². The fourth-order valence-electron chi connectivity index (χ4n) is 1.66. The SMILES string of the molecule is Nc1cc(=O)[nH]c(=O)n1CC1CCC1. The van der Waals surface area contributed by atoms with Crippen LogP contribution in [0.25, 0.3) is 0 Å². The number of H-pyrrole nitrogens is 1. The molecule has 5 nitrogen and oxygen atoms in total. The average molecular weight is 195 g/mol. The van der Waals surface area contributed by atoms with Crippen LogP contribution in [0.1, 0.15) is 19.3 Å². The number of aromatic nitrogens is 2. The van der Waals surface area contributed by atoms with Crippen molar-refractivity contribution in [2.75, 3.05) is 5.73 Å². The number of rotatable bonds is 2. The van der Waals surface area contributed by atoms with E-state index in [1.165, 1.54) is 17.1 Å². The van der Waals surface area contributed by atoms with Crippen molar-refractivity contribution < 1.29 is 0 Å². The van der Waals surface area contributed by atoms with Gasteiger partial charge in [0.15, 0.2) is 0 Å². The first kappa shape index (κ1) is 9.05. The molecule has 0 spiro atoms.